The molecule has 33 heavy (non-hydrogen) atoms. The zero-order valence-corrected chi connectivity index (χ0v) is 20.7. The first-order valence-corrected chi connectivity index (χ1v) is 11.7. The number of rotatable bonds is 8. The van der Waals surface area contributed by atoms with E-state index in [4.69, 9.17) is 23.2 Å². The summed E-state index contributed by atoms with van der Waals surface area (Å²) in [5.74, 6) is -1.48. The lowest BCUT2D eigenvalue weighted by molar-refractivity contribution is -0.142. The maximum atomic E-state index is 12.8. The molecule has 3 rings (SSSR count). The molecule has 0 spiro atoms. The van der Waals surface area contributed by atoms with Crippen LogP contribution in [0.25, 0.3) is 0 Å². The average Bonchev–Trinajstić information content (AvgIpc) is 2.75. The summed E-state index contributed by atoms with van der Waals surface area (Å²) < 4.78 is 0. The molecule has 1 saturated heterocycles. The number of carboxylic acids is 1. The molecule has 6 N–H and O–H groups in total. The fourth-order valence-electron chi connectivity index (χ4n) is 4.94. The number of piperidine rings is 1. The third-order valence-corrected chi connectivity index (χ3v) is 7.30. The van der Waals surface area contributed by atoms with E-state index in [9.17, 15) is 14.7 Å². The molecule has 180 valence electrons. The maximum absolute atomic E-state index is 12.8. The van der Waals surface area contributed by atoms with Crippen molar-refractivity contribution in [2.75, 3.05) is 7.05 Å². The van der Waals surface area contributed by atoms with E-state index in [1.165, 1.54) is 0 Å². The molecule has 0 radical (unpaired) electrons. The Kier molecular flexibility index (Phi) is 9.73. The fraction of sp³-hybridized carbons (Fsp3) is 0.440. The molecule has 1 aliphatic rings. The number of nitrogens with one attached hydrogen (secondary N) is 2. The van der Waals surface area contributed by atoms with Gasteiger partial charge in [-0.15, -0.1) is 0 Å². The first-order chi connectivity index (χ1) is 15.2. The van der Waals surface area contributed by atoms with Gasteiger partial charge >= 0.3 is 5.97 Å². The molecule has 3 unspecified atom stereocenters. The lowest BCUT2D eigenvalue weighted by Gasteiger charge is -2.43. The first-order valence-electron chi connectivity index (χ1n) is 10.9. The molecule has 6 nitrogen and oxygen atoms in total. The van der Waals surface area contributed by atoms with Crippen molar-refractivity contribution in [1.29, 1.82) is 0 Å². The van der Waals surface area contributed by atoms with Gasteiger partial charge in [-0.05, 0) is 60.7 Å². The van der Waals surface area contributed by atoms with Crippen molar-refractivity contribution >= 4 is 35.1 Å². The highest BCUT2D eigenvalue weighted by atomic mass is 35.5. The molecule has 0 aliphatic carbocycles. The highest BCUT2D eigenvalue weighted by Crippen LogP contribution is 2.41. The van der Waals surface area contributed by atoms with Gasteiger partial charge in [0.15, 0.2) is 0 Å². The number of aliphatic carboxylic acids is 1. The van der Waals surface area contributed by atoms with Gasteiger partial charge < -0.3 is 21.9 Å². The summed E-state index contributed by atoms with van der Waals surface area (Å²) in [6.45, 7) is 4.32. The Bertz CT molecular complexity index is 954. The normalized spacial score (nSPS) is 23.1. The van der Waals surface area contributed by atoms with Crippen LogP contribution in [0.1, 0.15) is 49.8 Å². The minimum atomic E-state index is -0.965. The summed E-state index contributed by atoms with van der Waals surface area (Å²) in [5, 5.41) is 17.2. The highest BCUT2D eigenvalue weighted by Gasteiger charge is 2.42. The summed E-state index contributed by atoms with van der Waals surface area (Å²) in [5.41, 5.74) is 2.14. The summed E-state index contributed by atoms with van der Waals surface area (Å²) in [4.78, 5) is 24.2. The number of carbonyl (C=O) groups excluding carboxylic acids is 1. The van der Waals surface area contributed by atoms with Crippen molar-refractivity contribution in [2.24, 2.45) is 17.8 Å². The number of carboxylic acid groups (broad SMARTS) is 1. The van der Waals surface area contributed by atoms with Gasteiger partial charge in [0, 0.05) is 34.0 Å². The van der Waals surface area contributed by atoms with Crippen LogP contribution in [0.2, 0.25) is 10.0 Å². The summed E-state index contributed by atoms with van der Waals surface area (Å²) in [6, 6.07) is 15.4. The molecule has 1 fully saturated rings. The SMILES string of the molecule is CNC(c1ccc(Cl)cc1)C(C)C(C)[C@@H]1NC(=O)[C@@H](CC(=O)O)C[C@@H]1c1cccc(Cl)c1.N. The molecule has 0 saturated carbocycles. The predicted octanol–water partition coefficient (Wildman–Crippen LogP) is 5.45. The van der Waals surface area contributed by atoms with Crippen molar-refractivity contribution in [3.05, 3.63) is 69.7 Å². The van der Waals surface area contributed by atoms with Crippen molar-refractivity contribution < 1.29 is 14.7 Å². The van der Waals surface area contributed by atoms with E-state index in [2.05, 4.69) is 24.5 Å². The second-order valence-electron chi connectivity index (χ2n) is 8.76. The van der Waals surface area contributed by atoms with Crippen LogP contribution in [0.3, 0.4) is 0 Å². The molecule has 0 aromatic heterocycles. The van der Waals surface area contributed by atoms with Crippen molar-refractivity contribution in [2.45, 2.75) is 44.7 Å². The Balaban J connectivity index is 0.00000385. The quantitative estimate of drug-likeness (QED) is 0.390. The lowest BCUT2D eigenvalue weighted by atomic mass is 9.70. The van der Waals surface area contributed by atoms with Crippen molar-refractivity contribution in [3.8, 4) is 0 Å². The zero-order valence-electron chi connectivity index (χ0n) is 19.2. The van der Waals surface area contributed by atoms with Gasteiger partial charge in [0.25, 0.3) is 0 Å². The lowest BCUT2D eigenvalue weighted by Crippen LogP contribution is -2.53. The van der Waals surface area contributed by atoms with E-state index in [1.807, 2.05) is 55.6 Å². The van der Waals surface area contributed by atoms with Crippen LogP contribution in [0.5, 0.6) is 0 Å². The van der Waals surface area contributed by atoms with Crippen LogP contribution < -0.4 is 16.8 Å². The van der Waals surface area contributed by atoms with Crippen molar-refractivity contribution in [3.63, 3.8) is 0 Å². The maximum Gasteiger partial charge on any atom is 0.304 e. The van der Waals surface area contributed by atoms with Crippen LogP contribution in [-0.2, 0) is 9.59 Å². The minimum absolute atomic E-state index is 0. The number of hydrogen-bond acceptors (Lipinski definition) is 4. The predicted molar refractivity (Wildman–Crippen MR) is 133 cm³/mol. The Morgan fingerprint density at radius 3 is 2.39 bits per heavy atom. The number of halogens is 2. The van der Waals surface area contributed by atoms with Gasteiger partial charge in [-0.1, -0.05) is 61.3 Å². The van der Waals surface area contributed by atoms with Gasteiger partial charge in [0.05, 0.1) is 6.42 Å². The Morgan fingerprint density at radius 2 is 1.82 bits per heavy atom. The first kappa shape index (κ1) is 27.1. The molecule has 1 amide bonds. The summed E-state index contributed by atoms with van der Waals surface area (Å²) in [6.07, 6.45) is 0.300. The highest BCUT2D eigenvalue weighted by molar-refractivity contribution is 6.30. The van der Waals surface area contributed by atoms with E-state index in [0.29, 0.717) is 16.5 Å². The molecule has 2 aromatic rings. The Hall–Kier alpha value is -2.12. The fourth-order valence-corrected chi connectivity index (χ4v) is 5.27. The standard InChI is InChI=1S/C25H30Cl2N2O3.H3N/c1-14(23(28-3)16-7-9-19(26)10-8-16)15(2)24-21(17-5-4-6-20(27)11-17)12-18(13-22(30)31)25(32)29-24;/h4-11,14-15,18,21,23-24,28H,12-13H2,1-3H3,(H,29,32)(H,30,31);1H3/t14?,15?,18-,21-,23?,24+;/m1./s1. The monoisotopic (exact) mass is 493 g/mol. The topological polar surface area (TPSA) is 113 Å². The molecule has 1 aliphatic heterocycles. The second kappa shape index (κ2) is 11.8. The van der Waals surface area contributed by atoms with Gasteiger partial charge in [-0.2, -0.15) is 0 Å². The van der Waals surface area contributed by atoms with Gasteiger partial charge in [-0.25, -0.2) is 0 Å². The van der Waals surface area contributed by atoms with E-state index >= 15 is 0 Å². The van der Waals surface area contributed by atoms with Crippen LogP contribution in [0.4, 0.5) is 0 Å². The molecule has 6 atom stereocenters. The third-order valence-electron chi connectivity index (χ3n) is 6.81. The molecular weight excluding hydrogens is 461 g/mol. The van der Waals surface area contributed by atoms with Crippen LogP contribution in [0, 0.1) is 17.8 Å². The summed E-state index contributed by atoms with van der Waals surface area (Å²) >= 11 is 12.3. The van der Waals surface area contributed by atoms with Crippen LogP contribution in [0.15, 0.2) is 48.5 Å². The second-order valence-corrected chi connectivity index (χ2v) is 9.64. The third kappa shape index (κ3) is 6.48. The molecular formula is C25H33Cl2N3O3. The molecule has 1 heterocycles. The smallest absolute Gasteiger partial charge is 0.304 e. The largest absolute Gasteiger partial charge is 0.481 e. The molecule has 0 bridgehead atoms. The van der Waals surface area contributed by atoms with Crippen LogP contribution in [-0.4, -0.2) is 30.1 Å². The van der Waals surface area contributed by atoms with Gasteiger partial charge in [-0.3, -0.25) is 9.59 Å². The number of hydrogen-bond donors (Lipinski definition) is 4. The minimum Gasteiger partial charge on any atom is -0.481 e. The number of carbonyl (C=O) groups is 2. The molecule has 2 aromatic carbocycles. The zero-order chi connectivity index (χ0) is 23.4. The van der Waals surface area contributed by atoms with E-state index in [-0.39, 0.29) is 48.3 Å². The van der Waals surface area contributed by atoms with Crippen molar-refractivity contribution in [1.82, 2.24) is 16.8 Å². The van der Waals surface area contributed by atoms with E-state index in [0.717, 1.165) is 11.1 Å². The van der Waals surface area contributed by atoms with Crippen LogP contribution >= 0.6 is 23.2 Å². The summed E-state index contributed by atoms with van der Waals surface area (Å²) in [7, 11) is 1.93. The number of amides is 1. The average molecular weight is 494 g/mol. The van der Waals surface area contributed by atoms with E-state index in [1.54, 1.807) is 0 Å². The Morgan fingerprint density at radius 1 is 1.15 bits per heavy atom. The molecule has 8 heteroatoms. The van der Waals surface area contributed by atoms with E-state index < -0.39 is 11.9 Å². The Labute approximate surface area is 205 Å². The van der Waals surface area contributed by atoms with Gasteiger partial charge in [0.1, 0.15) is 0 Å². The number of benzene rings is 2. The van der Waals surface area contributed by atoms with Gasteiger partial charge in [0.2, 0.25) is 5.91 Å².